The molecule has 2 saturated heterocycles. The normalized spacial score (nSPS) is 30.6. The molecule has 0 radical (unpaired) electrons. The molecule has 0 spiro atoms. The Bertz CT molecular complexity index is 305. The highest BCUT2D eigenvalue weighted by Gasteiger charge is 2.33. The van der Waals surface area contributed by atoms with Crippen LogP contribution in [0.5, 0.6) is 0 Å². The number of hydrogen-bond acceptors (Lipinski definition) is 4. The molecule has 2 aliphatic heterocycles. The van der Waals surface area contributed by atoms with E-state index >= 15 is 0 Å². The van der Waals surface area contributed by atoms with Gasteiger partial charge in [-0.2, -0.15) is 0 Å². The fraction of sp³-hybridized carbons (Fsp3) is 0.923. The van der Waals surface area contributed by atoms with Crippen molar-refractivity contribution in [2.75, 3.05) is 39.0 Å². The molecule has 4 nitrogen and oxygen atoms in total. The maximum atomic E-state index is 5.73. The SMILES string of the molecule is CCC1(CC)CSC(=NCC2CN(C)CCO2)N1. The van der Waals surface area contributed by atoms with Crippen LogP contribution in [0.25, 0.3) is 0 Å². The molecule has 2 aliphatic rings. The first-order valence-corrected chi connectivity index (χ1v) is 7.91. The lowest BCUT2D eigenvalue weighted by molar-refractivity contribution is -0.0135. The Kier molecular flexibility index (Phi) is 4.92. The molecule has 1 unspecified atom stereocenters. The summed E-state index contributed by atoms with van der Waals surface area (Å²) in [5.41, 5.74) is 0.272. The maximum absolute atomic E-state index is 5.73. The summed E-state index contributed by atoms with van der Waals surface area (Å²) in [5, 5.41) is 4.71. The predicted octanol–water partition coefficient (Wildman–Crippen LogP) is 1.57. The molecule has 104 valence electrons. The largest absolute Gasteiger partial charge is 0.374 e. The van der Waals surface area contributed by atoms with Crippen LogP contribution in [0.3, 0.4) is 0 Å². The van der Waals surface area contributed by atoms with Gasteiger partial charge in [-0.25, -0.2) is 0 Å². The predicted molar refractivity (Wildman–Crippen MR) is 78.4 cm³/mol. The quantitative estimate of drug-likeness (QED) is 0.842. The molecule has 0 aromatic carbocycles. The van der Waals surface area contributed by atoms with Gasteiger partial charge in [0.15, 0.2) is 5.17 Å². The molecule has 0 aromatic heterocycles. The van der Waals surface area contributed by atoms with Crippen molar-refractivity contribution in [2.24, 2.45) is 4.99 Å². The van der Waals surface area contributed by atoms with Crippen molar-refractivity contribution in [1.82, 2.24) is 10.2 Å². The first kappa shape index (κ1) is 14.2. The molecule has 18 heavy (non-hydrogen) atoms. The molecular weight excluding hydrogens is 246 g/mol. The van der Waals surface area contributed by atoms with Gasteiger partial charge in [0.25, 0.3) is 0 Å². The summed E-state index contributed by atoms with van der Waals surface area (Å²) in [4.78, 5) is 7.00. The van der Waals surface area contributed by atoms with E-state index in [9.17, 15) is 0 Å². The Morgan fingerprint density at radius 3 is 2.89 bits per heavy atom. The standard InChI is InChI=1S/C13H25N3OS/c1-4-13(5-2)10-18-12(15-13)14-8-11-9-16(3)6-7-17-11/h11H,4-10H2,1-3H3,(H,14,15). The van der Waals surface area contributed by atoms with Crippen molar-refractivity contribution in [1.29, 1.82) is 0 Å². The molecule has 5 heteroatoms. The second kappa shape index (κ2) is 6.26. The summed E-state index contributed by atoms with van der Waals surface area (Å²) < 4.78 is 5.73. The van der Waals surface area contributed by atoms with Crippen LogP contribution >= 0.6 is 11.8 Å². The van der Waals surface area contributed by atoms with Crippen molar-refractivity contribution < 1.29 is 4.74 Å². The van der Waals surface area contributed by atoms with E-state index in [2.05, 4.69) is 36.1 Å². The van der Waals surface area contributed by atoms with E-state index in [1.54, 1.807) is 0 Å². The minimum absolute atomic E-state index is 0.261. The molecular formula is C13H25N3OS. The maximum Gasteiger partial charge on any atom is 0.157 e. The van der Waals surface area contributed by atoms with Gasteiger partial charge in [0, 0.05) is 24.4 Å². The number of rotatable bonds is 4. The number of amidine groups is 1. The summed E-state index contributed by atoms with van der Waals surface area (Å²) in [5.74, 6) is 1.14. The summed E-state index contributed by atoms with van der Waals surface area (Å²) in [6, 6.07) is 0. The van der Waals surface area contributed by atoms with Crippen LogP contribution in [0.15, 0.2) is 4.99 Å². The van der Waals surface area contributed by atoms with Crippen LogP contribution in [0.4, 0.5) is 0 Å². The lowest BCUT2D eigenvalue weighted by atomic mass is 9.96. The summed E-state index contributed by atoms with van der Waals surface area (Å²) in [6.45, 7) is 8.14. The van der Waals surface area contributed by atoms with Crippen LogP contribution in [0, 0.1) is 0 Å². The molecule has 0 bridgehead atoms. The Hall–Kier alpha value is -0.260. The summed E-state index contributed by atoms with van der Waals surface area (Å²) >= 11 is 1.86. The summed E-state index contributed by atoms with van der Waals surface area (Å²) in [6.07, 6.45) is 2.59. The Labute approximate surface area is 115 Å². The van der Waals surface area contributed by atoms with Crippen LogP contribution in [0.1, 0.15) is 26.7 Å². The van der Waals surface area contributed by atoms with Crippen LogP contribution in [-0.4, -0.2) is 60.8 Å². The minimum atomic E-state index is 0.261. The molecule has 1 N–H and O–H groups in total. The monoisotopic (exact) mass is 271 g/mol. The zero-order valence-corrected chi connectivity index (χ0v) is 12.6. The number of likely N-dealkylation sites (N-methyl/N-ethyl adjacent to an activating group) is 1. The van der Waals surface area contributed by atoms with Crippen LogP contribution in [0.2, 0.25) is 0 Å². The Morgan fingerprint density at radius 2 is 2.28 bits per heavy atom. The zero-order valence-electron chi connectivity index (χ0n) is 11.7. The molecule has 0 saturated carbocycles. The van der Waals surface area contributed by atoms with E-state index in [0.717, 1.165) is 50.0 Å². The number of aliphatic imine (C=N–C) groups is 1. The third-order valence-electron chi connectivity index (χ3n) is 3.99. The third-order valence-corrected chi connectivity index (χ3v) is 5.19. The van der Waals surface area contributed by atoms with Gasteiger partial charge in [-0.05, 0) is 19.9 Å². The first-order chi connectivity index (χ1) is 8.67. The van der Waals surface area contributed by atoms with Gasteiger partial charge in [0.05, 0.1) is 19.3 Å². The van der Waals surface area contributed by atoms with E-state index in [1.165, 1.54) is 0 Å². The summed E-state index contributed by atoms with van der Waals surface area (Å²) in [7, 11) is 2.14. The van der Waals surface area contributed by atoms with Gasteiger partial charge in [-0.3, -0.25) is 4.99 Å². The van der Waals surface area contributed by atoms with E-state index in [-0.39, 0.29) is 11.6 Å². The lowest BCUT2D eigenvalue weighted by Gasteiger charge is -2.29. The second-order valence-electron chi connectivity index (χ2n) is 5.30. The van der Waals surface area contributed by atoms with Gasteiger partial charge in [-0.15, -0.1) is 0 Å². The molecule has 2 fully saturated rings. The van der Waals surface area contributed by atoms with E-state index in [4.69, 9.17) is 4.74 Å². The highest BCUT2D eigenvalue weighted by atomic mass is 32.2. The number of morpholine rings is 1. The topological polar surface area (TPSA) is 36.9 Å². The van der Waals surface area contributed by atoms with E-state index < -0.39 is 0 Å². The highest BCUT2D eigenvalue weighted by molar-refractivity contribution is 8.14. The molecule has 2 rings (SSSR count). The average Bonchev–Trinajstić information content (AvgIpc) is 2.81. The lowest BCUT2D eigenvalue weighted by Crippen LogP contribution is -2.43. The van der Waals surface area contributed by atoms with Crippen molar-refractivity contribution in [2.45, 2.75) is 38.3 Å². The number of thioether (sulfide) groups is 1. The number of ether oxygens (including phenoxy) is 1. The Morgan fingerprint density at radius 1 is 1.50 bits per heavy atom. The average molecular weight is 271 g/mol. The van der Waals surface area contributed by atoms with Gasteiger partial charge in [-0.1, -0.05) is 25.6 Å². The highest BCUT2D eigenvalue weighted by Crippen LogP contribution is 2.28. The van der Waals surface area contributed by atoms with Gasteiger partial charge in [0.1, 0.15) is 0 Å². The molecule has 0 aromatic rings. The molecule has 1 atom stereocenters. The molecule has 2 heterocycles. The zero-order chi connectivity index (χ0) is 13.0. The molecule has 0 aliphatic carbocycles. The van der Waals surface area contributed by atoms with E-state index in [1.807, 2.05) is 11.8 Å². The van der Waals surface area contributed by atoms with Gasteiger partial charge < -0.3 is 15.0 Å². The fourth-order valence-electron chi connectivity index (χ4n) is 2.38. The second-order valence-corrected chi connectivity index (χ2v) is 6.27. The van der Waals surface area contributed by atoms with Crippen molar-refractivity contribution in [3.05, 3.63) is 0 Å². The van der Waals surface area contributed by atoms with Crippen molar-refractivity contribution in [3.8, 4) is 0 Å². The number of hydrogen-bond donors (Lipinski definition) is 1. The fourth-order valence-corrected chi connectivity index (χ4v) is 3.73. The smallest absolute Gasteiger partial charge is 0.157 e. The van der Waals surface area contributed by atoms with E-state index in [0.29, 0.717) is 0 Å². The van der Waals surface area contributed by atoms with Gasteiger partial charge >= 0.3 is 0 Å². The number of nitrogens with one attached hydrogen (secondary N) is 1. The van der Waals surface area contributed by atoms with Crippen molar-refractivity contribution >= 4 is 16.9 Å². The Balaban J connectivity index is 1.83. The van der Waals surface area contributed by atoms with Crippen molar-refractivity contribution in [3.63, 3.8) is 0 Å². The van der Waals surface area contributed by atoms with Gasteiger partial charge in [0.2, 0.25) is 0 Å². The number of nitrogens with zero attached hydrogens (tertiary/aromatic N) is 2. The molecule has 0 amide bonds. The first-order valence-electron chi connectivity index (χ1n) is 6.93. The third kappa shape index (κ3) is 3.39. The minimum Gasteiger partial charge on any atom is -0.374 e. The van der Waals surface area contributed by atoms with Crippen LogP contribution in [-0.2, 0) is 4.74 Å². The van der Waals surface area contributed by atoms with Crippen LogP contribution < -0.4 is 5.32 Å².